The van der Waals surface area contributed by atoms with E-state index in [1.807, 2.05) is 0 Å². The van der Waals surface area contributed by atoms with E-state index in [1.165, 1.54) is 0 Å². The van der Waals surface area contributed by atoms with E-state index in [0.717, 1.165) is 18.2 Å². The number of carbonyl (C=O) groups excluding carboxylic acids is 1. The minimum atomic E-state index is -4.58. The van der Waals surface area contributed by atoms with Crippen LogP contribution in [0, 0.1) is 0 Å². The van der Waals surface area contributed by atoms with Crippen LogP contribution in [-0.2, 0) is 11.0 Å². The van der Waals surface area contributed by atoms with Crippen molar-refractivity contribution >= 4 is 5.97 Å². The molecule has 0 aliphatic heterocycles. The summed E-state index contributed by atoms with van der Waals surface area (Å²) >= 11 is 0. The Kier molecular flexibility index (Phi) is 6.49. The number of hydrogen-bond acceptors (Lipinski definition) is 4. The number of hydrogen-bond donors (Lipinski definition) is 0. The molecule has 0 amide bonds. The molecule has 82 valence electrons. The molecule has 0 bridgehead atoms. The molecule has 0 radical (unpaired) electrons. The van der Waals surface area contributed by atoms with E-state index in [9.17, 15) is 23.1 Å². The van der Waals surface area contributed by atoms with E-state index in [4.69, 9.17) is 0 Å². The van der Waals surface area contributed by atoms with Gasteiger partial charge in [-0.3, -0.25) is 0 Å². The number of carboxylic acid groups (broad SMARTS) is 1. The van der Waals surface area contributed by atoms with E-state index in [-0.39, 0.29) is 51.4 Å². The monoisotopic (exact) mass is 259 g/mol. The maximum Gasteiger partial charge on any atom is 1.00 e. The van der Waals surface area contributed by atoms with Crippen molar-refractivity contribution < 1.29 is 79.2 Å². The predicted molar refractivity (Wildman–Crippen MR) is 39.7 cm³/mol. The molecule has 0 aliphatic carbocycles. The van der Waals surface area contributed by atoms with Gasteiger partial charge in [-0.2, -0.15) is 13.2 Å². The number of halogens is 3. The Bertz CT molecular complexity index is 370. The molecule has 8 heteroatoms. The van der Waals surface area contributed by atoms with E-state index < -0.39 is 30.3 Å². The quantitative estimate of drug-likeness (QED) is 0.551. The second-order valence-corrected chi connectivity index (χ2v) is 2.52. The number of carboxylic acids is 1. The summed E-state index contributed by atoms with van der Waals surface area (Å²) in [6.45, 7) is -0.839. The largest absolute Gasteiger partial charge is 1.00 e. The fraction of sp³-hybridized carbons (Fsp3) is 0.250. The second kappa shape index (κ2) is 6.55. The van der Waals surface area contributed by atoms with Crippen LogP contribution in [0.3, 0.4) is 0 Å². The smallest absolute Gasteiger partial charge is 0.546 e. The van der Waals surface area contributed by atoms with Crippen LogP contribution >= 0.6 is 0 Å². The first-order chi connectivity index (χ1) is 6.89. The van der Waals surface area contributed by atoms with Crippen molar-refractivity contribution in [1.82, 2.24) is 4.98 Å². The van der Waals surface area contributed by atoms with Gasteiger partial charge >= 0.3 is 57.6 Å². The summed E-state index contributed by atoms with van der Waals surface area (Å²) in [7, 11) is 0. The summed E-state index contributed by atoms with van der Waals surface area (Å²) < 4.78 is 40.8. The first kappa shape index (κ1) is 15.8. The summed E-state index contributed by atoms with van der Waals surface area (Å²) in [6.07, 6.45) is -4.58. The number of aliphatic carboxylic acids is 1. The van der Waals surface area contributed by atoms with Crippen LogP contribution in [0.25, 0.3) is 0 Å². The van der Waals surface area contributed by atoms with Gasteiger partial charge in [-0.25, -0.2) is 4.98 Å². The molecule has 0 aromatic carbocycles. The molecule has 0 spiro atoms. The minimum Gasteiger partial charge on any atom is -0.546 e. The Morgan fingerprint density at radius 1 is 1.44 bits per heavy atom. The zero-order valence-corrected chi connectivity index (χ0v) is 11.4. The summed E-state index contributed by atoms with van der Waals surface area (Å²) in [5.41, 5.74) is -1.14. The first-order valence-corrected chi connectivity index (χ1v) is 3.76. The summed E-state index contributed by atoms with van der Waals surface area (Å²) in [4.78, 5) is 13.0. The predicted octanol–water partition coefficient (Wildman–Crippen LogP) is -2.77. The zero-order valence-electron chi connectivity index (χ0n) is 8.25. The Hall–Kier alpha value is -0.154. The second-order valence-electron chi connectivity index (χ2n) is 2.52. The Labute approximate surface area is 131 Å². The molecule has 4 nitrogen and oxygen atoms in total. The van der Waals surface area contributed by atoms with Gasteiger partial charge in [0.15, 0.2) is 0 Å². The van der Waals surface area contributed by atoms with Crippen molar-refractivity contribution in [2.75, 3.05) is 6.61 Å². The van der Waals surface area contributed by atoms with Gasteiger partial charge in [0.25, 0.3) is 0 Å². The fourth-order valence-corrected chi connectivity index (χ4v) is 0.786. The van der Waals surface area contributed by atoms with Crippen LogP contribution in [0.4, 0.5) is 13.2 Å². The Morgan fingerprint density at radius 3 is 2.56 bits per heavy atom. The molecule has 0 atom stereocenters. The number of aromatic nitrogens is 1. The molecular weight excluding hydrogens is 254 g/mol. The Balaban J connectivity index is 0.00000225. The van der Waals surface area contributed by atoms with Crippen LogP contribution < -0.4 is 61.2 Å². The van der Waals surface area contributed by atoms with Gasteiger partial charge in [0.05, 0.1) is 5.97 Å². The van der Waals surface area contributed by atoms with Crippen LogP contribution in [0.1, 0.15) is 5.69 Å². The van der Waals surface area contributed by atoms with Gasteiger partial charge in [-0.15, -0.1) is 0 Å². The molecule has 0 saturated heterocycles. The van der Waals surface area contributed by atoms with Crippen molar-refractivity contribution in [3.8, 4) is 5.88 Å². The van der Waals surface area contributed by atoms with Gasteiger partial charge in [0, 0.05) is 6.07 Å². The van der Waals surface area contributed by atoms with E-state index in [2.05, 4.69) is 9.72 Å². The third kappa shape index (κ3) is 5.26. The van der Waals surface area contributed by atoms with Crippen LogP contribution in [0.5, 0.6) is 5.88 Å². The van der Waals surface area contributed by atoms with E-state index in [1.54, 1.807) is 0 Å². The average molecular weight is 259 g/mol. The number of pyridine rings is 1. The number of alkyl halides is 3. The van der Waals surface area contributed by atoms with Gasteiger partial charge in [-0.1, -0.05) is 6.07 Å². The number of ether oxygens (including phenoxy) is 1. The first-order valence-electron chi connectivity index (χ1n) is 3.76. The van der Waals surface area contributed by atoms with Gasteiger partial charge < -0.3 is 14.6 Å². The number of rotatable bonds is 3. The fourth-order valence-electron chi connectivity index (χ4n) is 0.786. The van der Waals surface area contributed by atoms with Crippen molar-refractivity contribution in [3.63, 3.8) is 0 Å². The van der Waals surface area contributed by atoms with E-state index in [0.29, 0.717) is 0 Å². The summed E-state index contributed by atoms with van der Waals surface area (Å²) in [6, 6.07) is 2.95. The average Bonchev–Trinajstić information content (AvgIpc) is 2.14. The molecule has 1 aromatic heterocycles. The molecule has 1 rings (SSSR count). The molecular formula is C8H5F3KNO3. The minimum absolute atomic E-state index is 0. The van der Waals surface area contributed by atoms with Crippen molar-refractivity contribution in [3.05, 3.63) is 23.9 Å². The molecule has 0 unspecified atom stereocenters. The molecule has 16 heavy (non-hydrogen) atoms. The van der Waals surface area contributed by atoms with Crippen LogP contribution in [0.2, 0.25) is 0 Å². The summed E-state index contributed by atoms with van der Waals surface area (Å²) in [5.74, 6) is -1.94. The maximum atomic E-state index is 12.1. The number of carbonyl (C=O) groups is 1. The number of nitrogens with zero attached hydrogens (tertiary/aromatic N) is 1. The maximum absolute atomic E-state index is 12.1. The zero-order chi connectivity index (χ0) is 11.5. The SMILES string of the molecule is O=C([O-])COc1cccc(C(F)(F)F)n1.[K+]. The van der Waals surface area contributed by atoms with Gasteiger partial charge in [0.2, 0.25) is 5.88 Å². The molecule has 1 aromatic rings. The van der Waals surface area contributed by atoms with Gasteiger partial charge in [0.1, 0.15) is 12.3 Å². The van der Waals surface area contributed by atoms with Crippen molar-refractivity contribution in [2.24, 2.45) is 0 Å². The summed E-state index contributed by atoms with van der Waals surface area (Å²) in [5, 5.41) is 9.97. The molecule has 0 N–H and O–H groups in total. The van der Waals surface area contributed by atoms with Crippen molar-refractivity contribution in [2.45, 2.75) is 6.18 Å². The third-order valence-corrected chi connectivity index (χ3v) is 1.35. The van der Waals surface area contributed by atoms with Crippen LogP contribution in [0.15, 0.2) is 18.2 Å². The van der Waals surface area contributed by atoms with E-state index >= 15 is 0 Å². The topological polar surface area (TPSA) is 62.2 Å². The Morgan fingerprint density at radius 2 is 2.06 bits per heavy atom. The molecule has 0 fully saturated rings. The molecule has 0 saturated carbocycles. The normalized spacial score (nSPS) is 10.4. The molecule has 0 aliphatic rings. The van der Waals surface area contributed by atoms with Gasteiger partial charge in [-0.05, 0) is 6.07 Å². The third-order valence-electron chi connectivity index (χ3n) is 1.35. The van der Waals surface area contributed by atoms with Crippen LogP contribution in [-0.4, -0.2) is 17.6 Å². The van der Waals surface area contributed by atoms with Crippen molar-refractivity contribution in [1.29, 1.82) is 0 Å². The standard InChI is InChI=1S/C8H6F3NO3.K/c9-8(10,11)5-2-1-3-6(12-5)15-4-7(13)14;/h1-3H,4H2,(H,13,14);/q;+1/p-1. The molecule has 1 heterocycles.